The standard InChI is InChI=1S/C19H26N4O2/c1-20-19(25)15-12-22(2)9-10-23(13-15)18(24)8-7-14-11-21-17-6-4-3-5-16(14)17/h3-6,11,15,21H,7-10,12-13H2,1-2H3,(H,20,25). The van der Waals surface area contributed by atoms with Gasteiger partial charge in [-0.1, -0.05) is 18.2 Å². The average Bonchev–Trinajstić information content (AvgIpc) is 2.93. The number of nitrogens with zero attached hydrogens (tertiary/aromatic N) is 2. The number of carbonyl (C=O) groups is 2. The number of likely N-dealkylation sites (N-methyl/N-ethyl adjacent to an activating group) is 1. The second-order valence-electron chi connectivity index (χ2n) is 6.77. The highest BCUT2D eigenvalue weighted by atomic mass is 16.2. The van der Waals surface area contributed by atoms with E-state index in [1.54, 1.807) is 7.05 Å². The van der Waals surface area contributed by atoms with E-state index in [4.69, 9.17) is 0 Å². The van der Waals surface area contributed by atoms with Crippen molar-refractivity contribution in [2.45, 2.75) is 12.8 Å². The molecule has 1 fully saturated rings. The van der Waals surface area contributed by atoms with E-state index in [0.717, 1.165) is 12.1 Å². The Morgan fingerprint density at radius 3 is 2.84 bits per heavy atom. The van der Waals surface area contributed by atoms with Crippen molar-refractivity contribution in [2.24, 2.45) is 5.92 Å². The Bertz CT molecular complexity index is 755. The molecule has 0 spiro atoms. The van der Waals surface area contributed by atoms with Gasteiger partial charge < -0.3 is 20.1 Å². The Hall–Kier alpha value is -2.34. The van der Waals surface area contributed by atoms with Gasteiger partial charge in [0.05, 0.1) is 5.92 Å². The van der Waals surface area contributed by atoms with E-state index in [2.05, 4.69) is 21.3 Å². The smallest absolute Gasteiger partial charge is 0.225 e. The number of fused-ring (bicyclic) bond motifs is 1. The first-order chi connectivity index (χ1) is 12.1. The molecule has 2 heterocycles. The Labute approximate surface area is 148 Å². The number of aromatic amines is 1. The number of rotatable bonds is 4. The molecule has 1 unspecified atom stereocenters. The lowest BCUT2D eigenvalue weighted by Crippen LogP contribution is -2.41. The van der Waals surface area contributed by atoms with Crippen LogP contribution in [-0.4, -0.2) is 66.9 Å². The Morgan fingerprint density at radius 2 is 2.04 bits per heavy atom. The normalized spacial score (nSPS) is 19.0. The van der Waals surface area contributed by atoms with E-state index in [-0.39, 0.29) is 17.7 Å². The van der Waals surface area contributed by atoms with Crippen LogP contribution in [0.2, 0.25) is 0 Å². The molecular formula is C19H26N4O2. The molecule has 2 amide bonds. The first kappa shape index (κ1) is 17.5. The summed E-state index contributed by atoms with van der Waals surface area (Å²) in [7, 11) is 3.65. The maximum Gasteiger partial charge on any atom is 0.225 e. The van der Waals surface area contributed by atoms with Crippen molar-refractivity contribution < 1.29 is 9.59 Å². The molecule has 2 N–H and O–H groups in total. The van der Waals surface area contributed by atoms with E-state index in [1.165, 1.54) is 10.9 Å². The lowest BCUT2D eigenvalue weighted by molar-refractivity contribution is -0.132. The molecule has 6 heteroatoms. The van der Waals surface area contributed by atoms with Crippen LogP contribution in [0.5, 0.6) is 0 Å². The van der Waals surface area contributed by atoms with Gasteiger partial charge in [-0.2, -0.15) is 0 Å². The van der Waals surface area contributed by atoms with Gasteiger partial charge in [0.2, 0.25) is 11.8 Å². The zero-order chi connectivity index (χ0) is 17.8. The lowest BCUT2D eigenvalue weighted by Gasteiger charge is -2.23. The number of benzene rings is 1. The van der Waals surface area contributed by atoms with E-state index >= 15 is 0 Å². The largest absolute Gasteiger partial charge is 0.361 e. The van der Waals surface area contributed by atoms with Crippen LogP contribution >= 0.6 is 0 Å². The molecule has 1 atom stereocenters. The summed E-state index contributed by atoms with van der Waals surface area (Å²) in [6, 6.07) is 8.13. The highest BCUT2D eigenvalue weighted by Crippen LogP contribution is 2.19. The third-order valence-electron chi connectivity index (χ3n) is 4.98. The van der Waals surface area contributed by atoms with Crippen molar-refractivity contribution in [1.29, 1.82) is 0 Å². The minimum absolute atomic E-state index is 0.00294. The van der Waals surface area contributed by atoms with Crippen LogP contribution in [0.4, 0.5) is 0 Å². The zero-order valence-electron chi connectivity index (χ0n) is 14.9. The Balaban J connectivity index is 1.64. The fourth-order valence-electron chi connectivity index (χ4n) is 3.51. The van der Waals surface area contributed by atoms with Gasteiger partial charge in [0.1, 0.15) is 0 Å². The summed E-state index contributed by atoms with van der Waals surface area (Å²) in [4.78, 5) is 32.0. The van der Waals surface area contributed by atoms with Gasteiger partial charge in [-0.3, -0.25) is 9.59 Å². The number of H-pyrrole nitrogens is 1. The van der Waals surface area contributed by atoms with Gasteiger partial charge >= 0.3 is 0 Å². The van der Waals surface area contributed by atoms with E-state index < -0.39 is 0 Å². The second kappa shape index (κ2) is 7.70. The number of aromatic nitrogens is 1. The molecule has 0 aliphatic carbocycles. The van der Waals surface area contributed by atoms with E-state index in [0.29, 0.717) is 32.5 Å². The van der Waals surface area contributed by atoms with Crippen molar-refractivity contribution in [1.82, 2.24) is 20.1 Å². The van der Waals surface area contributed by atoms with Crippen LogP contribution in [0.3, 0.4) is 0 Å². The minimum Gasteiger partial charge on any atom is -0.361 e. The van der Waals surface area contributed by atoms with E-state index in [1.807, 2.05) is 36.3 Å². The van der Waals surface area contributed by atoms with Gasteiger partial charge in [-0.05, 0) is 25.1 Å². The Kier molecular flexibility index (Phi) is 5.38. The molecule has 25 heavy (non-hydrogen) atoms. The summed E-state index contributed by atoms with van der Waals surface area (Å²) in [5, 5.41) is 3.88. The van der Waals surface area contributed by atoms with Crippen LogP contribution in [0.25, 0.3) is 10.9 Å². The molecule has 1 aliphatic heterocycles. The molecule has 0 saturated carbocycles. The van der Waals surface area contributed by atoms with Crippen molar-refractivity contribution in [3.05, 3.63) is 36.0 Å². The lowest BCUT2D eigenvalue weighted by atomic mass is 10.1. The fourth-order valence-corrected chi connectivity index (χ4v) is 3.51. The summed E-state index contributed by atoms with van der Waals surface area (Å²) >= 11 is 0. The molecule has 1 saturated heterocycles. The first-order valence-electron chi connectivity index (χ1n) is 8.81. The van der Waals surface area contributed by atoms with Crippen molar-refractivity contribution in [3.63, 3.8) is 0 Å². The summed E-state index contributed by atoms with van der Waals surface area (Å²) in [6.07, 6.45) is 3.16. The Morgan fingerprint density at radius 1 is 1.24 bits per heavy atom. The van der Waals surface area contributed by atoms with E-state index in [9.17, 15) is 9.59 Å². The van der Waals surface area contributed by atoms with Gasteiger partial charge in [-0.25, -0.2) is 0 Å². The molecule has 3 rings (SSSR count). The topological polar surface area (TPSA) is 68.4 Å². The molecular weight excluding hydrogens is 316 g/mol. The van der Waals surface area contributed by atoms with Crippen LogP contribution in [0, 0.1) is 5.92 Å². The number of amides is 2. The number of aryl methyl sites for hydroxylation is 1. The number of hydrogen-bond donors (Lipinski definition) is 2. The molecule has 1 aromatic heterocycles. The molecule has 0 radical (unpaired) electrons. The van der Waals surface area contributed by atoms with Crippen LogP contribution in [-0.2, 0) is 16.0 Å². The maximum absolute atomic E-state index is 12.7. The van der Waals surface area contributed by atoms with Gasteiger partial charge in [0.25, 0.3) is 0 Å². The van der Waals surface area contributed by atoms with Crippen LogP contribution in [0.1, 0.15) is 12.0 Å². The fraction of sp³-hybridized carbons (Fsp3) is 0.474. The van der Waals surface area contributed by atoms with Crippen molar-refractivity contribution in [3.8, 4) is 0 Å². The molecule has 1 aromatic carbocycles. The number of hydrogen-bond acceptors (Lipinski definition) is 3. The van der Waals surface area contributed by atoms with Gasteiger partial charge in [0.15, 0.2) is 0 Å². The highest BCUT2D eigenvalue weighted by Gasteiger charge is 2.28. The SMILES string of the molecule is CNC(=O)C1CN(C)CCN(C(=O)CCc2c[nH]c3ccccc23)C1. The zero-order valence-corrected chi connectivity index (χ0v) is 14.9. The average molecular weight is 342 g/mol. The molecule has 0 bridgehead atoms. The summed E-state index contributed by atoms with van der Waals surface area (Å²) in [5.74, 6) is -0.0489. The number of nitrogens with one attached hydrogen (secondary N) is 2. The third kappa shape index (κ3) is 4.02. The molecule has 134 valence electrons. The van der Waals surface area contributed by atoms with Crippen molar-refractivity contribution in [2.75, 3.05) is 40.3 Å². The quantitative estimate of drug-likeness (QED) is 0.878. The molecule has 2 aromatic rings. The summed E-state index contributed by atoms with van der Waals surface area (Å²) < 4.78 is 0. The van der Waals surface area contributed by atoms with Crippen molar-refractivity contribution >= 4 is 22.7 Å². The van der Waals surface area contributed by atoms with Gasteiger partial charge in [-0.15, -0.1) is 0 Å². The second-order valence-corrected chi connectivity index (χ2v) is 6.77. The summed E-state index contributed by atoms with van der Waals surface area (Å²) in [6.45, 7) is 2.66. The maximum atomic E-state index is 12.7. The highest BCUT2D eigenvalue weighted by molar-refractivity contribution is 5.84. The molecule has 6 nitrogen and oxygen atoms in total. The predicted octanol–water partition coefficient (Wildman–Crippen LogP) is 1.24. The van der Waals surface area contributed by atoms with Gasteiger partial charge in [0, 0.05) is 56.7 Å². The first-order valence-corrected chi connectivity index (χ1v) is 8.81. The third-order valence-corrected chi connectivity index (χ3v) is 4.98. The molecule has 1 aliphatic rings. The van der Waals surface area contributed by atoms with Crippen LogP contribution in [0.15, 0.2) is 30.5 Å². The predicted molar refractivity (Wildman–Crippen MR) is 98.3 cm³/mol. The number of para-hydroxylation sites is 1. The monoisotopic (exact) mass is 342 g/mol. The minimum atomic E-state index is -0.172. The summed E-state index contributed by atoms with van der Waals surface area (Å²) in [5.41, 5.74) is 2.26. The van der Waals surface area contributed by atoms with Crippen LogP contribution < -0.4 is 5.32 Å². The number of carbonyl (C=O) groups excluding carboxylic acids is 2.